The molecular formula is C17H27N3O4S. The molecule has 0 unspecified atom stereocenters. The van der Waals surface area contributed by atoms with Crippen LogP contribution in [0.2, 0.25) is 0 Å². The number of anilines is 1. The first-order chi connectivity index (χ1) is 11.9. The lowest BCUT2D eigenvalue weighted by Gasteiger charge is -2.22. The minimum absolute atomic E-state index is 0.192. The highest BCUT2D eigenvalue weighted by molar-refractivity contribution is 7.89. The molecule has 0 saturated carbocycles. The van der Waals surface area contributed by atoms with Gasteiger partial charge in [0.1, 0.15) is 11.8 Å². The topological polar surface area (TPSA) is 87.7 Å². The second kappa shape index (κ2) is 8.53. The van der Waals surface area contributed by atoms with Gasteiger partial charge in [0.05, 0.1) is 17.7 Å². The Morgan fingerprint density at radius 2 is 1.84 bits per heavy atom. The van der Waals surface area contributed by atoms with Crippen LogP contribution in [0.3, 0.4) is 0 Å². The number of nitrogens with zero attached hydrogens (tertiary/aromatic N) is 1. The van der Waals surface area contributed by atoms with Gasteiger partial charge in [-0.3, -0.25) is 4.79 Å². The van der Waals surface area contributed by atoms with Gasteiger partial charge >= 0.3 is 0 Å². The number of hydrogen-bond donors (Lipinski definition) is 2. The van der Waals surface area contributed by atoms with E-state index in [2.05, 4.69) is 10.6 Å². The predicted octanol–water partition coefficient (Wildman–Crippen LogP) is 1.81. The maximum atomic E-state index is 12.9. The Balaban J connectivity index is 2.32. The third kappa shape index (κ3) is 4.64. The molecule has 2 N–H and O–H groups in total. The van der Waals surface area contributed by atoms with Gasteiger partial charge in [0.15, 0.2) is 0 Å². The maximum Gasteiger partial charge on any atom is 0.243 e. The highest BCUT2D eigenvalue weighted by Crippen LogP contribution is 2.30. The Kier molecular flexibility index (Phi) is 6.66. The molecule has 1 aromatic rings. The van der Waals surface area contributed by atoms with Crippen LogP contribution >= 0.6 is 0 Å². The average molecular weight is 369 g/mol. The Hall–Kier alpha value is -1.80. The summed E-state index contributed by atoms with van der Waals surface area (Å²) in [5, 5.41) is 5.58. The summed E-state index contributed by atoms with van der Waals surface area (Å²) in [5.41, 5.74) is 0.481. The molecule has 0 bridgehead atoms. The number of ether oxygens (including phenoxy) is 1. The van der Waals surface area contributed by atoms with E-state index in [-0.39, 0.29) is 10.8 Å². The first-order valence-corrected chi connectivity index (χ1v) is 10.0. The third-order valence-electron chi connectivity index (χ3n) is 4.39. The van der Waals surface area contributed by atoms with Gasteiger partial charge in [0.2, 0.25) is 15.9 Å². The van der Waals surface area contributed by atoms with Crippen LogP contribution in [-0.2, 0) is 14.8 Å². The first-order valence-electron chi connectivity index (χ1n) is 8.56. The molecule has 1 fully saturated rings. The molecule has 1 amide bonds. The second-order valence-corrected chi connectivity index (χ2v) is 8.10. The van der Waals surface area contributed by atoms with Crippen LogP contribution in [0.25, 0.3) is 0 Å². The molecule has 8 heteroatoms. The largest absolute Gasteiger partial charge is 0.495 e. The molecule has 0 radical (unpaired) electrons. The molecule has 1 aliphatic heterocycles. The van der Waals surface area contributed by atoms with E-state index in [1.54, 1.807) is 36.5 Å². The lowest BCUT2D eigenvalue weighted by molar-refractivity contribution is -0.121. The van der Waals surface area contributed by atoms with Crippen LogP contribution in [0.4, 0.5) is 5.69 Å². The molecular weight excluding hydrogens is 342 g/mol. The SMILES string of the molecule is CNC(=O)[C@@H](C)Nc1cc(S(=O)(=O)N2CCCCCC2)ccc1OC. The van der Waals surface area contributed by atoms with Crippen LogP contribution in [0.1, 0.15) is 32.6 Å². The summed E-state index contributed by atoms with van der Waals surface area (Å²) in [5.74, 6) is 0.299. The molecule has 1 saturated heterocycles. The number of methoxy groups -OCH3 is 1. The zero-order chi connectivity index (χ0) is 18.4. The number of rotatable bonds is 6. The highest BCUT2D eigenvalue weighted by atomic mass is 32.2. The number of benzene rings is 1. The van der Waals surface area contributed by atoms with Gasteiger partial charge in [-0.05, 0) is 38.0 Å². The molecule has 7 nitrogen and oxygen atoms in total. The molecule has 0 aliphatic carbocycles. The quantitative estimate of drug-likeness (QED) is 0.798. The van der Waals surface area contributed by atoms with Crippen molar-refractivity contribution in [2.45, 2.75) is 43.5 Å². The second-order valence-electron chi connectivity index (χ2n) is 6.16. The number of likely N-dealkylation sites (N-methyl/N-ethyl adjacent to an activating group) is 1. The van der Waals surface area contributed by atoms with Crippen LogP contribution in [0.5, 0.6) is 5.75 Å². The van der Waals surface area contributed by atoms with Gasteiger partial charge in [-0.25, -0.2) is 8.42 Å². The van der Waals surface area contributed by atoms with Gasteiger partial charge in [-0.15, -0.1) is 0 Å². The zero-order valence-corrected chi connectivity index (χ0v) is 15.9. The van der Waals surface area contributed by atoms with Crippen molar-refractivity contribution in [1.82, 2.24) is 9.62 Å². The molecule has 140 valence electrons. The fourth-order valence-electron chi connectivity index (χ4n) is 2.91. The minimum atomic E-state index is -3.56. The van der Waals surface area contributed by atoms with Gasteiger partial charge in [0, 0.05) is 20.1 Å². The summed E-state index contributed by atoms with van der Waals surface area (Å²) >= 11 is 0. The standard InChI is InChI=1S/C17H27N3O4S/c1-13(17(21)18-2)19-15-12-14(8-9-16(15)24-3)25(22,23)20-10-6-4-5-7-11-20/h8-9,12-13,19H,4-7,10-11H2,1-3H3,(H,18,21)/t13-/m1/s1. The number of hydrogen-bond acceptors (Lipinski definition) is 5. The predicted molar refractivity (Wildman–Crippen MR) is 97.4 cm³/mol. The Morgan fingerprint density at radius 3 is 2.40 bits per heavy atom. The number of nitrogens with one attached hydrogen (secondary N) is 2. The van der Waals surface area contributed by atoms with Gasteiger partial charge in [-0.2, -0.15) is 4.31 Å². The number of sulfonamides is 1. The Bertz CT molecular complexity index is 698. The van der Waals surface area contributed by atoms with Crippen molar-refractivity contribution in [2.24, 2.45) is 0 Å². The van der Waals surface area contributed by atoms with Gasteiger partial charge in [0.25, 0.3) is 0 Å². The van der Waals surface area contributed by atoms with Crippen molar-refractivity contribution in [1.29, 1.82) is 0 Å². The molecule has 0 spiro atoms. The summed E-state index contributed by atoms with van der Waals surface area (Å²) in [4.78, 5) is 12.0. The normalized spacial score (nSPS) is 17.4. The summed E-state index contributed by atoms with van der Waals surface area (Å²) in [6, 6.07) is 4.19. The van der Waals surface area contributed by atoms with Gasteiger partial charge < -0.3 is 15.4 Å². The number of amides is 1. The zero-order valence-electron chi connectivity index (χ0n) is 15.0. The van der Waals surface area contributed by atoms with Gasteiger partial charge in [-0.1, -0.05) is 12.8 Å². The minimum Gasteiger partial charge on any atom is -0.495 e. The maximum absolute atomic E-state index is 12.9. The van der Waals surface area contributed by atoms with E-state index < -0.39 is 16.1 Å². The van der Waals surface area contributed by atoms with E-state index >= 15 is 0 Å². The lowest BCUT2D eigenvalue weighted by atomic mass is 10.2. The molecule has 1 atom stereocenters. The summed E-state index contributed by atoms with van der Waals surface area (Å²) in [7, 11) is -0.496. The summed E-state index contributed by atoms with van der Waals surface area (Å²) in [6.07, 6.45) is 3.89. The van der Waals surface area contributed by atoms with E-state index in [9.17, 15) is 13.2 Å². The van der Waals surface area contributed by atoms with Crippen molar-refractivity contribution in [2.75, 3.05) is 32.6 Å². The van der Waals surface area contributed by atoms with Crippen LogP contribution in [-0.4, -0.2) is 51.9 Å². The number of carbonyl (C=O) groups excluding carboxylic acids is 1. The molecule has 1 aromatic carbocycles. The van der Waals surface area contributed by atoms with E-state index in [1.165, 1.54) is 7.11 Å². The fourth-order valence-corrected chi connectivity index (χ4v) is 4.45. The molecule has 1 aliphatic rings. The van der Waals surface area contributed by atoms with E-state index in [4.69, 9.17) is 4.74 Å². The lowest BCUT2D eigenvalue weighted by Crippen LogP contribution is -2.35. The van der Waals surface area contributed by atoms with Crippen LogP contribution in [0, 0.1) is 0 Å². The van der Waals surface area contributed by atoms with E-state index in [1.807, 2.05) is 0 Å². The summed E-state index contributed by atoms with van der Waals surface area (Å²) in [6.45, 7) is 2.80. The van der Waals surface area contributed by atoms with Crippen molar-refractivity contribution in [3.63, 3.8) is 0 Å². The monoisotopic (exact) mass is 369 g/mol. The molecule has 1 heterocycles. The molecule has 25 heavy (non-hydrogen) atoms. The van der Waals surface area contributed by atoms with Crippen molar-refractivity contribution < 1.29 is 17.9 Å². The van der Waals surface area contributed by atoms with Crippen molar-refractivity contribution in [3.05, 3.63) is 18.2 Å². The third-order valence-corrected chi connectivity index (χ3v) is 6.28. The van der Waals surface area contributed by atoms with E-state index in [0.29, 0.717) is 24.5 Å². The molecule has 2 rings (SSSR count). The first kappa shape index (κ1) is 19.5. The molecule has 0 aromatic heterocycles. The van der Waals surface area contributed by atoms with E-state index in [0.717, 1.165) is 25.7 Å². The summed E-state index contributed by atoms with van der Waals surface area (Å²) < 4.78 is 32.7. The fraction of sp³-hybridized carbons (Fsp3) is 0.588. The highest BCUT2D eigenvalue weighted by Gasteiger charge is 2.26. The average Bonchev–Trinajstić information content (AvgIpc) is 2.90. The van der Waals surface area contributed by atoms with Crippen molar-refractivity contribution >= 4 is 21.6 Å². The number of carbonyl (C=O) groups is 1. The Labute approximate surface area is 149 Å². The van der Waals surface area contributed by atoms with Crippen LogP contribution < -0.4 is 15.4 Å². The van der Waals surface area contributed by atoms with Crippen LogP contribution in [0.15, 0.2) is 23.1 Å². The van der Waals surface area contributed by atoms with Crippen molar-refractivity contribution in [3.8, 4) is 5.75 Å². The smallest absolute Gasteiger partial charge is 0.243 e. The Morgan fingerprint density at radius 1 is 1.20 bits per heavy atom.